The average Bonchev–Trinajstić information content (AvgIpc) is 2.43. The highest BCUT2D eigenvalue weighted by atomic mass is 32.2. The topological polar surface area (TPSA) is 24.5 Å². The van der Waals surface area contributed by atoms with E-state index >= 15 is 0 Å². The highest BCUT2D eigenvalue weighted by Gasteiger charge is 2.28. The molecule has 1 fully saturated rings. The van der Waals surface area contributed by atoms with E-state index < -0.39 is 0 Å². The largest absolute Gasteiger partial charge is 0.497 e. The molecule has 0 radical (unpaired) electrons. The van der Waals surface area contributed by atoms with Crippen LogP contribution in [0.4, 0.5) is 0 Å². The van der Waals surface area contributed by atoms with Gasteiger partial charge in [-0.05, 0) is 44.3 Å². The lowest BCUT2D eigenvalue weighted by atomic mass is 9.95. The van der Waals surface area contributed by atoms with Crippen LogP contribution in [0.2, 0.25) is 0 Å². The predicted octanol–water partition coefficient (Wildman–Crippen LogP) is 2.31. The standard InChI is InChI=1S/C15H24N2OS/c1-11-9-12(18-4)5-6-13(11)15(16-2)14-10-19-8-7-17(14)3/h5-6,9,14-16H,7-8,10H2,1-4H3. The molecule has 1 saturated heterocycles. The number of thioether (sulfide) groups is 1. The molecule has 2 atom stereocenters. The Morgan fingerprint density at radius 2 is 2.26 bits per heavy atom. The van der Waals surface area contributed by atoms with Crippen molar-refractivity contribution in [3.8, 4) is 5.75 Å². The van der Waals surface area contributed by atoms with Crippen molar-refractivity contribution in [2.45, 2.75) is 19.0 Å². The second-order valence-corrected chi connectivity index (χ2v) is 6.26. The Bertz CT molecular complexity index is 425. The van der Waals surface area contributed by atoms with Gasteiger partial charge in [-0.3, -0.25) is 4.90 Å². The quantitative estimate of drug-likeness (QED) is 0.915. The van der Waals surface area contributed by atoms with Crippen molar-refractivity contribution in [3.63, 3.8) is 0 Å². The van der Waals surface area contributed by atoms with E-state index in [0.717, 1.165) is 5.75 Å². The summed E-state index contributed by atoms with van der Waals surface area (Å²) in [6.45, 7) is 3.33. The van der Waals surface area contributed by atoms with Gasteiger partial charge >= 0.3 is 0 Å². The SMILES string of the molecule is CNC(c1ccc(OC)cc1C)C1CSCCN1C. The van der Waals surface area contributed by atoms with Crippen molar-refractivity contribution in [1.82, 2.24) is 10.2 Å². The zero-order chi connectivity index (χ0) is 13.8. The lowest BCUT2D eigenvalue weighted by Crippen LogP contribution is -2.47. The van der Waals surface area contributed by atoms with E-state index in [-0.39, 0.29) is 0 Å². The number of hydrogen-bond donors (Lipinski definition) is 1. The van der Waals surface area contributed by atoms with Crippen LogP contribution < -0.4 is 10.1 Å². The van der Waals surface area contributed by atoms with Crippen LogP contribution in [0, 0.1) is 6.92 Å². The molecule has 0 amide bonds. The number of nitrogens with one attached hydrogen (secondary N) is 1. The number of methoxy groups -OCH3 is 1. The summed E-state index contributed by atoms with van der Waals surface area (Å²) < 4.78 is 5.30. The average molecular weight is 280 g/mol. The number of likely N-dealkylation sites (N-methyl/N-ethyl adjacent to an activating group) is 2. The van der Waals surface area contributed by atoms with Gasteiger partial charge in [-0.15, -0.1) is 0 Å². The third-order valence-corrected chi connectivity index (χ3v) is 5.00. The first-order valence-electron chi connectivity index (χ1n) is 6.77. The normalized spacial score (nSPS) is 22.2. The molecule has 0 saturated carbocycles. The molecule has 1 aliphatic heterocycles. The van der Waals surface area contributed by atoms with Crippen LogP contribution in [0.5, 0.6) is 5.75 Å². The van der Waals surface area contributed by atoms with E-state index in [9.17, 15) is 0 Å². The molecule has 0 spiro atoms. The number of hydrogen-bond acceptors (Lipinski definition) is 4. The van der Waals surface area contributed by atoms with Gasteiger partial charge in [-0.25, -0.2) is 0 Å². The minimum absolute atomic E-state index is 0.378. The molecular formula is C15H24N2OS. The number of rotatable bonds is 4. The van der Waals surface area contributed by atoms with E-state index in [4.69, 9.17) is 4.74 Å². The Morgan fingerprint density at radius 3 is 2.84 bits per heavy atom. The molecule has 1 aromatic carbocycles. The van der Waals surface area contributed by atoms with Crippen LogP contribution in [0.25, 0.3) is 0 Å². The summed E-state index contributed by atoms with van der Waals surface area (Å²) in [6.07, 6.45) is 0. The summed E-state index contributed by atoms with van der Waals surface area (Å²) in [5.74, 6) is 3.36. The van der Waals surface area contributed by atoms with Gasteiger partial charge in [0, 0.05) is 30.1 Å². The highest BCUT2D eigenvalue weighted by molar-refractivity contribution is 7.99. The van der Waals surface area contributed by atoms with E-state index in [0.29, 0.717) is 12.1 Å². The molecule has 106 valence electrons. The van der Waals surface area contributed by atoms with Gasteiger partial charge in [-0.1, -0.05) is 6.07 Å². The smallest absolute Gasteiger partial charge is 0.119 e. The monoisotopic (exact) mass is 280 g/mol. The Labute approximate surface area is 120 Å². The Balaban J connectivity index is 2.25. The third-order valence-electron chi connectivity index (χ3n) is 3.95. The number of benzene rings is 1. The minimum atomic E-state index is 0.378. The molecule has 0 aliphatic carbocycles. The minimum Gasteiger partial charge on any atom is -0.497 e. The van der Waals surface area contributed by atoms with Gasteiger partial charge in [0.15, 0.2) is 0 Å². The van der Waals surface area contributed by atoms with Gasteiger partial charge < -0.3 is 10.1 Å². The number of ether oxygens (including phenoxy) is 1. The molecule has 2 unspecified atom stereocenters. The van der Waals surface area contributed by atoms with Gasteiger partial charge in [0.2, 0.25) is 0 Å². The molecule has 0 bridgehead atoms. The van der Waals surface area contributed by atoms with Crippen LogP contribution in [0.15, 0.2) is 18.2 Å². The number of nitrogens with zero attached hydrogens (tertiary/aromatic N) is 1. The first-order valence-corrected chi connectivity index (χ1v) is 7.92. The molecule has 1 heterocycles. The van der Waals surface area contributed by atoms with Crippen molar-refractivity contribution in [1.29, 1.82) is 0 Å². The maximum Gasteiger partial charge on any atom is 0.119 e. The summed E-state index contributed by atoms with van der Waals surface area (Å²) in [4.78, 5) is 2.47. The van der Waals surface area contributed by atoms with Crippen LogP contribution in [0.3, 0.4) is 0 Å². The summed E-state index contributed by atoms with van der Waals surface area (Å²) in [6, 6.07) is 7.31. The Kier molecular flexibility index (Phi) is 5.13. The first kappa shape index (κ1) is 14.7. The second-order valence-electron chi connectivity index (χ2n) is 5.11. The molecule has 1 N–H and O–H groups in total. The van der Waals surface area contributed by atoms with Crippen molar-refractivity contribution in [3.05, 3.63) is 29.3 Å². The maximum atomic E-state index is 5.30. The van der Waals surface area contributed by atoms with Gasteiger partial charge in [0.25, 0.3) is 0 Å². The van der Waals surface area contributed by atoms with E-state index in [1.807, 2.05) is 0 Å². The van der Waals surface area contributed by atoms with Crippen LogP contribution >= 0.6 is 11.8 Å². The van der Waals surface area contributed by atoms with Gasteiger partial charge in [-0.2, -0.15) is 11.8 Å². The fraction of sp³-hybridized carbons (Fsp3) is 0.600. The second kappa shape index (κ2) is 6.64. The molecule has 0 aromatic heterocycles. The maximum absolute atomic E-state index is 5.30. The van der Waals surface area contributed by atoms with Crippen molar-refractivity contribution in [2.75, 3.05) is 39.3 Å². The molecular weight excluding hydrogens is 256 g/mol. The summed E-state index contributed by atoms with van der Waals surface area (Å²) in [5.41, 5.74) is 2.67. The molecule has 1 aliphatic rings. The summed E-state index contributed by atoms with van der Waals surface area (Å²) >= 11 is 2.05. The molecule has 19 heavy (non-hydrogen) atoms. The summed E-state index contributed by atoms with van der Waals surface area (Å²) in [7, 11) is 6.00. The van der Waals surface area contributed by atoms with Crippen molar-refractivity contribution >= 4 is 11.8 Å². The molecule has 3 nitrogen and oxygen atoms in total. The van der Waals surface area contributed by atoms with Crippen LogP contribution in [-0.4, -0.2) is 50.2 Å². The molecule has 1 aromatic rings. The fourth-order valence-electron chi connectivity index (χ4n) is 2.74. The third kappa shape index (κ3) is 3.25. The Morgan fingerprint density at radius 1 is 1.47 bits per heavy atom. The van der Waals surface area contributed by atoms with Crippen LogP contribution in [0.1, 0.15) is 17.2 Å². The lowest BCUT2D eigenvalue weighted by molar-refractivity contribution is 0.221. The van der Waals surface area contributed by atoms with Gasteiger partial charge in [0.05, 0.1) is 7.11 Å². The van der Waals surface area contributed by atoms with Crippen LogP contribution in [-0.2, 0) is 0 Å². The van der Waals surface area contributed by atoms with E-state index in [2.05, 4.69) is 61.2 Å². The molecule has 4 heteroatoms. The summed E-state index contributed by atoms with van der Waals surface area (Å²) in [5, 5.41) is 3.50. The zero-order valence-electron chi connectivity index (χ0n) is 12.3. The molecule has 2 rings (SSSR count). The van der Waals surface area contributed by atoms with Crippen molar-refractivity contribution in [2.24, 2.45) is 0 Å². The van der Waals surface area contributed by atoms with Crippen molar-refractivity contribution < 1.29 is 4.74 Å². The van der Waals surface area contributed by atoms with E-state index in [1.165, 1.54) is 29.2 Å². The van der Waals surface area contributed by atoms with E-state index in [1.54, 1.807) is 7.11 Å². The number of aryl methyl sites for hydroxylation is 1. The fourth-order valence-corrected chi connectivity index (χ4v) is 4.01. The van der Waals surface area contributed by atoms with Gasteiger partial charge in [0.1, 0.15) is 5.75 Å². The lowest BCUT2D eigenvalue weighted by Gasteiger charge is -2.38. The first-order chi connectivity index (χ1) is 9.17. The Hall–Kier alpha value is -0.710. The predicted molar refractivity (Wildman–Crippen MR) is 83.3 cm³/mol. The highest BCUT2D eigenvalue weighted by Crippen LogP contribution is 2.30. The zero-order valence-corrected chi connectivity index (χ0v) is 13.1.